The van der Waals surface area contributed by atoms with Gasteiger partial charge in [-0.1, -0.05) is 129 Å². The van der Waals surface area contributed by atoms with Crippen LogP contribution in [0.5, 0.6) is 0 Å². The molecule has 0 unspecified atom stereocenters. The second-order valence-electron chi connectivity index (χ2n) is 15.8. The molecular formula is C53H35N3O2. The van der Waals surface area contributed by atoms with E-state index in [2.05, 4.69) is 158 Å². The Bertz CT molecular complexity index is 3430. The van der Waals surface area contributed by atoms with Gasteiger partial charge in [0.2, 0.25) is 0 Å². The van der Waals surface area contributed by atoms with Crippen LogP contribution in [0.15, 0.2) is 185 Å². The van der Waals surface area contributed by atoms with Crippen molar-refractivity contribution in [2.24, 2.45) is 0 Å². The second-order valence-corrected chi connectivity index (χ2v) is 15.8. The van der Waals surface area contributed by atoms with Crippen LogP contribution in [0.3, 0.4) is 0 Å². The molecule has 0 amide bonds. The number of benzene rings is 8. The number of hydrogen-bond acceptors (Lipinski definition) is 5. The van der Waals surface area contributed by atoms with Crippen LogP contribution in [0.1, 0.15) is 25.0 Å². The van der Waals surface area contributed by atoms with E-state index in [0.717, 1.165) is 83.1 Å². The Morgan fingerprint density at radius 1 is 0.448 bits per heavy atom. The lowest BCUT2D eigenvalue weighted by atomic mass is 9.82. The average Bonchev–Trinajstić information content (AvgIpc) is 3.90. The van der Waals surface area contributed by atoms with Gasteiger partial charge in [0.05, 0.1) is 5.56 Å². The summed E-state index contributed by atoms with van der Waals surface area (Å²) in [7, 11) is 0. The number of para-hydroxylation sites is 2. The van der Waals surface area contributed by atoms with Crippen LogP contribution < -0.4 is 4.90 Å². The molecular weight excluding hydrogens is 711 g/mol. The summed E-state index contributed by atoms with van der Waals surface area (Å²) in [6.45, 7) is 4.66. The third kappa shape index (κ3) is 4.83. The predicted octanol–water partition coefficient (Wildman–Crippen LogP) is 14.5. The van der Waals surface area contributed by atoms with E-state index in [4.69, 9.17) is 18.8 Å². The molecule has 0 fully saturated rings. The molecule has 3 aromatic heterocycles. The van der Waals surface area contributed by atoms with E-state index in [-0.39, 0.29) is 5.41 Å². The molecule has 0 saturated heterocycles. The maximum Gasteiger partial charge on any atom is 0.180 e. The minimum absolute atomic E-state index is 0.161. The summed E-state index contributed by atoms with van der Waals surface area (Å²) < 4.78 is 13.4. The van der Waals surface area contributed by atoms with Gasteiger partial charge in [0.1, 0.15) is 28.0 Å². The number of furan rings is 2. The standard InChI is InChI=1S/C53H35N3O2/c1-53(2)44-23-13-11-21-38(44)39-26-25-36(31-45(39)53)56(35-19-7-4-8-20-35)37-29-42-41-27-33-17-9-10-18-34(33)28-47(41)58-50(42)43(30-37)52-54-48(32-15-5-3-6-16-32)51-49(55-52)40-22-12-14-24-46(40)57-51/h3-31H,1-2H3. The molecule has 1 aliphatic carbocycles. The maximum atomic E-state index is 6.92. The molecule has 0 bridgehead atoms. The lowest BCUT2D eigenvalue weighted by molar-refractivity contribution is 0.660. The van der Waals surface area contributed by atoms with Crippen molar-refractivity contribution in [3.8, 4) is 33.8 Å². The summed E-state index contributed by atoms with van der Waals surface area (Å²) in [4.78, 5) is 13.1. The van der Waals surface area contributed by atoms with E-state index in [1.54, 1.807) is 0 Å². The Hall–Kier alpha value is -7.50. The Morgan fingerprint density at radius 3 is 1.98 bits per heavy atom. The molecule has 0 saturated carbocycles. The number of aromatic nitrogens is 2. The minimum Gasteiger partial charge on any atom is -0.455 e. The molecule has 8 aromatic carbocycles. The molecule has 5 nitrogen and oxygen atoms in total. The summed E-state index contributed by atoms with van der Waals surface area (Å²) in [6, 6.07) is 61.9. The Morgan fingerprint density at radius 2 is 1.14 bits per heavy atom. The van der Waals surface area contributed by atoms with Crippen molar-refractivity contribution < 1.29 is 8.83 Å². The SMILES string of the molecule is CC1(C)c2ccccc2-c2ccc(N(c3ccccc3)c3cc(-c4nc(-c5ccccc5)c5oc6ccccc6c5n4)c4oc5cc6ccccc6cc5c4c3)cc21. The van der Waals surface area contributed by atoms with Gasteiger partial charge >= 0.3 is 0 Å². The number of nitrogens with zero attached hydrogens (tertiary/aromatic N) is 3. The highest BCUT2D eigenvalue weighted by molar-refractivity contribution is 6.15. The molecule has 274 valence electrons. The molecule has 0 aliphatic heterocycles. The molecule has 1 aliphatic rings. The quantitative estimate of drug-likeness (QED) is 0.176. The zero-order chi connectivity index (χ0) is 38.5. The maximum absolute atomic E-state index is 6.92. The van der Waals surface area contributed by atoms with E-state index in [1.165, 1.54) is 22.3 Å². The summed E-state index contributed by atoms with van der Waals surface area (Å²) >= 11 is 0. The highest BCUT2D eigenvalue weighted by atomic mass is 16.3. The van der Waals surface area contributed by atoms with Crippen molar-refractivity contribution in [1.82, 2.24) is 9.97 Å². The third-order valence-electron chi connectivity index (χ3n) is 12.0. The highest BCUT2D eigenvalue weighted by Crippen LogP contribution is 2.51. The van der Waals surface area contributed by atoms with Crippen LogP contribution in [0, 0.1) is 0 Å². The van der Waals surface area contributed by atoms with Gasteiger partial charge in [-0.15, -0.1) is 0 Å². The lowest BCUT2D eigenvalue weighted by Crippen LogP contribution is -2.16. The number of hydrogen-bond donors (Lipinski definition) is 0. The van der Waals surface area contributed by atoms with Crippen molar-refractivity contribution in [3.05, 3.63) is 187 Å². The summed E-state index contributed by atoms with van der Waals surface area (Å²) in [5.74, 6) is 0.562. The summed E-state index contributed by atoms with van der Waals surface area (Å²) in [6.07, 6.45) is 0. The normalized spacial score (nSPS) is 13.1. The zero-order valence-corrected chi connectivity index (χ0v) is 31.9. The molecule has 12 rings (SSSR count). The first-order chi connectivity index (χ1) is 28.5. The topological polar surface area (TPSA) is 55.3 Å². The molecule has 0 radical (unpaired) electrons. The molecule has 0 atom stereocenters. The fourth-order valence-electron chi connectivity index (χ4n) is 9.20. The fraction of sp³-hybridized carbons (Fsp3) is 0.0566. The smallest absolute Gasteiger partial charge is 0.180 e. The Labute approximate surface area is 334 Å². The van der Waals surface area contributed by atoms with Gasteiger partial charge in [0.25, 0.3) is 0 Å². The molecule has 58 heavy (non-hydrogen) atoms. The van der Waals surface area contributed by atoms with Crippen LogP contribution in [0.4, 0.5) is 17.1 Å². The molecule has 3 heterocycles. The minimum atomic E-state index is -0.161. The zero-order valence-electron chi connectivity index (χ0n) is 31.9. The van der Waals surface area contributed by atoms with Crippen molar-refractivity contribution in [2.45, 2.75) is 19.3 Å². The molecule has 0 spiro atoms. The Kier molecular flexibility index (Phi) is 6.91. The van der Waals surface area contributed by atoms with Crippen LogP contribution in [0.25, 0.3) is 88.6 Å². The van der Waals surface area contributed by atoms with Gasteiger partial charge in [0, 0.05) is 44.2 Å². The summed E-state index contributed by atoms with van der Waals surface area (Å²) in [5.41, 5.74) is 14.4. The van der Waals surface area contributed by atoms with Gasteiger partial charge in [-0.05, 0) is 93.7 Å². The van der Waals surface area contributed by atoms with Crippen molar-refractivity contribution in [1.29, 1.82) is 0 Å². The van der Waals surface area contributed by atoms with Gasteiger partial charge in [-0.25, -0.2) is 9.97 Å². The number of rotatable bonds is 5. The van der Waals surface area contributed by atoms with Crippen LogP contribution in [-0.4, -0.2) is 9.97 Å². The molecule has 11 aromatic rings. The first-order valence-corrected chi connectivity index (χ1v) is 19.7. The van der Waals surface area contributed by atoms with Gasteiger partial charge in [-0.3, -0.25) is 0 Å². The van der Waals surface area contributed by atoms with Gasteiger partial charge < -0.3 is 13.7 Å². The molecule has 5 heteroatoms. The fourth-order valence-corrected chi connectivity index (χ4v) is 9.20. The van der Waals surface area contributed by atoms with E-state index in [9.17, 15) is 0 Å². The van der Waals surface area contributed by atoms with Crippen molar-refractivity contribution in [3.63, 3.8) is 0 Å². The second kappa shape index (κ2) is 12.2. The number of anilines is 3. The monoisotopic (exact) mass is 745 g/mol. The van der Waals surface area contributed by atoms with E-state index in [1.807, 2.05) is 36.4 Å². The van der Waals surface area contributed by atoms with Crippen molar-refractivity contribution in [2.75, 3.05) is 4.90 Å². The van der Waals surface area contributed by atoms with Crippen LogP contribution >= 0.6 is 0 Å². The van der Waals surface area contributed by atoms with Crippen LogP contribution in [-0.2, 0) is 5.41 Å². The highest BCUT2D eigenvalue weighted by Gasteiger charge is 2.36. The first-order valence-electron chi connectivity index (χ1n) is 19.7. The lowest BCUT2D eigenvalue weighted by Gasteiger charge is -2.28. The van der Waals surface area contributed by atoms with E-state index < -0.39 is 0 Å². The van der Waals surface area contributed by atoms with Crippen LogP contribution in [0.2, 0.25) is 0 Å². The van der Waals surface area contributed by atoms with E-state index >= 15 is 0 Å². The van der Waals surface area contributed by atoms with Gasteiger partial charge in [0.15, 0.2) is 11.4 Å². The average molecular weight is 746 g/mol. The number of fused-ring (bicyclic) bond motifs is 10. The summed E-state index contributed by atoms with van der Waals surface area (Å²) in [5, 5.41) is 5.24. The third-order valence-corrected chi connectivity index (χ3v) is 12.0. The molecule has 0 N–H and O–H groups in total. The van der Waals surface area contributed by atoms with E-state index in [0.29, 0.717) is 11.4 Å². The largest absolute Gasteiger partial charge is 0.455 e. The van der Waals surface area contributed by atoms with Gasteiger partial charge in [-0.2, -0.15) is 0 Å². The first kappa shape index (κ1) is 32.7. The van der Waals surface area contributed by atoms with Crippen molar-refractivity contribution >= 4 is 71.8 Å². The predicted molar refractivity (Wildman–Crippen MR) is 237 cm³/mol. The Balaban J connectivity index is 1.17.